The molecule has 0 radical (unpaired) electrons. The van der Waals surface area contributed by atoms with Crippen LogP contribution in [0.4, 0.5) is 10.1 Å². The predicted molar refractivity (Wildman–Crippen MR) is 74.2 cm³/mol. The quantitative estimate of drug-likeness (QED) is 0.871. The van der Waals surface area contributed by atoms with Crippen molar-refractivity contribution in [3.63, 3.8) is 0 Å². The van der Waals surface area contributed by atoms with Gasteiger partial charge in [-0.3, -0.25) is 0 Å². The van der Waals surface area contributed by atoms with E-state index in [0.29, 0.717) is 17.1 Å². The summed E-state index contributed by atoms with van der Waals surface area (Å²) < 4.78 is 15.2. The first-order valence-corrected chi connectivity index (χ1v) is 6.95. The Hall–Kier alpha value is -1.98. The molecule has 2 N–H and O–H groups in total. The van der Waals surface area contributed by atoms with Gasteiger partial charge in [-0.2, -0.15) is 0 Å². The Morgan fingerprint density at radius 2 is 2.20 bits per heavy atom. The molecule has 1 aliphatic carbocycles. The number of halogens is 1. The van der Waals surface area contributed by atoms with E-state index in [1.54, 1.807) is 10.7 Å². The highest BCUT2D eigenvalue weighted by molar-refractivity contribution is 5.71. The van der Waals surface area contributed by atoms with Crippen molar-refractivity contribution in [2.75, 3.05) is 5.73 Å². The van der Waals surface area contributed by atoms with E-state index in [1.807, 2.05) is 0 Å². The number of aromatic nitrogens is 4. The monoisotopic (exact) mass is 275 g/mol. The van der Waals surface area contributed by atoms with E-state index in [0.717, 1.165) is 13.0 Å². The van der Waals surface area contributed by atoms with Crippen LogP contribution in [0.3, 0.4) is 0 Å². The van der Waals surface area contributed by atoms with Crippen LogP contribution in [0.25, 0.3) is 11.4 Å². The first-order chi connectivity index (χ1) is 9.63. The minimum atomic E-state index is -0.336. The van der Waals surface area contributed by atoms with E-state index < -0.39 is 0 Å². The second-order valence-corrected chi connectivity index (χ2v) is 5.60. The van der Waals surface area contributed by atoms with Gasteiger partial charge in [0.25, 0.3) is 0 Å². The van der Waals surface area contributed by atoms with Crippen molar-refractivity contribution >= 4 is 5.69 Å². The van der Waals surface area contributed by atoms with Gasteiger partial charge in [0.05, 0.1) is 6.54 Å². The molecule has 6 heteroatoms. The van der Waals surface area contributed by atoms with E-state index in [-0.39, 0.29) is 11.2 Å². The molecule has 0 unspecified atom stereocenters. The topological polar surface area (TPSA) is 69.6 Å². The Bertz CT molecular complexity index is 612. The van der Waals surface area contributed by atoms with Gasteiger partial charge in [-0.15, -0.1) is 5.10 Å². The van der Waals surface area contributed by atoms with Gasteiger partial charge in [0.1, 0.15) is 5.82 Å². The van der Waals surface area contributed by atoms with Gasteiger partial charge < -0.3 is 5.73 Å². The average Bonchev–Trinajstić information content (AvgIpc) is 2.84. The summed E-state index contributed by atoms with van der Waals surface area (Å²) in [7, 11) is 0. The van der Waals surface area contributed by atoms with Crippen LogP contribution in [0.2, 0.25) is 0 Å². The van der Waals surface area contributed by atoms with Crippen LogP contribution < -0.4 is 5.73 Å². The third-order valence-electron chi connectivity index (χ3n) is 4.44. The Morgan fingerprint density at radius 3 is 2.85 bits per heavy atom. The molecule has 0 saturated heterocycles. The standard InChI is InChI=1S/C14H18FN5/c1-2-14(6-3-7-14)9-20-13(17-18-19-20)11-8-10(15)4-5-12(11)16/h4-5,8H,2-3,6-7,9,16H2,1H3. The molecule has 0 bridgehead atoms. The third-order valence-corrected chi connectivity index (χ3v) is 4.44. The molecule has 20 heavy (non-hydrogen) atoms. The molecule has 1 aromatic carbocycles. The summed E-state index contributed by atoms with van der Waals surface area (Å²) in [5.74, 6) is 0.208. The average molecular weight is 275 g/mol. The number of nitrogens with zero attached hydrogens (tertiary/aromatic N) is 4. The smallest absolute Gasteiger partial charge is 0.184 e. The van der Waals surface area contributed by atoms with Gasteiger partial charge in [0.2, 0.25) is 0 Å². The van der Waals surface area contributed by atoms with Gasteiger partial charge in [0.15, 0.2) is 5.82 Å². The Labute approximate surface area is 117 Å². The summed E-state index contributed by atoms with van der Waals surface area (Å²) in [6.45, 7) is 2.96. The molecule has 106 valence electrons. The second-order valence-electron chi connectivity index (χ2n) is 5.60. The highest BCUT2D eigenvalue weighted by Crippen LogP contribution is 2.45. The van der Waals surface area contributed by atoms with Crippen molar-refractivity contribution in [1.29, 1.82) is 0 Å². The Morgan fingerprint density at radius 1 is 1.40 bits per heavy atom. The molecule has 1 heterocycles. The van der Waals surface area contributed by atoms with Crippen LogP contribution in [0.1, 0.15) is 32.6 Å². The molecule has 0 aliphatic heterocycles. The van der Waals surface area contributed by atoms with Crippen LogP contribution >= 0.6 is 0 Å². The highest BCUT2D eigenvalue weighted by atomic mass is 19.1. The van der Waals surface area contributed by atoms with Gasteiger partial charge in [-0.1, -0.05) is 13.3 Å². The number of nitrogens with two attached hydrogens (primary N) is 1. The number of anilines is 1. The maximum Gasteiger partial charge on any atom is 0.184 e. The fourth-order valence-corrected chi connectivity index (χ4v) is 2.84. The molecular formula is C14H18FN5. The number of benzene rings is 1. The number of rotatable bonds is 4. The third kappa shape index (κ3) is 2.15. The number of tetrazole rings is 1. The lowest BCUT2D eigenvalue weighted by Gasteiger charge is -2.41. The molecule has 1 aromatic heterocycles. The van der Waals surface area contributed by atoms with E-state index >= 15 is 0 Å². The first kappa shape index (κ1) is 13.0. The van der Waals surface area contributed by atoms with Crippen molar-refractivity contribution in [2.45, 2.75) is 39.2 Å². The molecule has 0 amide bonds. The van der Waals surface area contributed by atoms with Gasteiger partial charge in [-0.25, -0.2) is 9.07 Å². The summed E-state index contributed by atoms with van der Waals surface area (Å²) in [5.41, 5.74) is 7.24. The van der Waals surface area contributed by atoms with E-state index in [1.165, 1.54) is 31.4 Å². The zero-order chi connectivity index (χ0) is 14.2. The normalized spacial score (nSPS) is 16.9. The highest BCUT2D eigenvalue weighted by Gasteiger charge is 2.36. The lowest BCUT2D eigenvalue weighted by atomic mass is 9.67. The molecule has 3 rings (SSSR count). The SMILES string of the molecule is CCC1(Cn2nnnc2-c2cc(F)ccc2N)CCC1. The molecule has 0 spiro atoms. The number of nitrogen functional groups attached to an aromatic ring is 1. The van der Waals surface area contributed by atoms with E-state index in [2.05, 4.69) is 22.4 Å². The summed E-state index contributed by atoms with van der Waals surface area (Å²) in [6, 6.07) is 4.27. The minimum Gasteiger partial charge on any atom is -0.398 e. The van der Waals surface area contributed by atoms with Crippen LogP contribution in [-0.2, 0) is 6.54 Å². The van der Waals surface area contributed by atoms with E-state index in [9.17, 15) is 4.39 Å². The summed E-state index contributed by atoms with van der Waals surface area (Å²) in [5, 5.41) is 11.8. The van der Waals surface area contributed by atoms with Crippen molar-refractivity contribution in [2.24, 2.45) is 5.41 Å². The zero-order valence-electron chi connectivity index (χ0n) is 11.5. The fraction of sp³-hybridized carbons (Fsp3) is 0.500. The molecular weight excluding hydrogens is 257 g/mol. The summed E-state index contributed by atoms with van der Waals surface area (Å²) in [4.78, 5) is 0. The first-order valence-electron chi connectivity index (χ1n) is 6.95. The lowest BCUT2D eigenvalue weighted by molar-refractivity contribution is 0.0948. The zero-order valence-corrected chi connectivity index (χ0v) is 11.5. The van der Waals surface area contributed by atoms with Gasteiger partial charge >= 0.3 is 0 Å². The van der Waals surface area contributed by atoms with Gasteiger partial charge in [0, 0.05) is 11.3 Å². The molecule has 0 atom stereocenters. The maximum absolute atomic E-state index is 13.4. The van der Waals surface area contributed by atoms with Crippen LogP contribution in [-0.4, -0.2) is 20.2 Å². The number of hydrogen-bond acceptors (Lipinski definition) is 4. The van der Waals surface area contributed by atoms with Crippen LogP contribution in [0, 0.1) is 11.2 Å². The number of hydrogen-bond donors (Lipinski definition) is 1. The van der Waals surface area contributed by atoms with Gasteiger partial charge in [-0.05, 0) is 53.3 Å². The minimum absolute atomic E-state index is 0.284. The molecule has 1 saturated carbocycles. The maximum atomic E-state index is 13.4. The van der Waals surface area contributed by atoms with Crippen LogP contribution in [0.5, 0.6) is 0 Å². The Kier molecular flexibility index (Phi) is 3.16. The Balaban J connectivity index is 1.96. The molecule has 2 aromatic rings. The molecule has 1 aliphatic rings. The second kappa shape index (κ2) is 4.85. The van der Waals surface area contributed by atoms with Crippen molar-refractivity contribution in [1.82, 2.24) is 20.2 Å². The summed E-state index contributed by atoms with van der Waals surface area (Å²) >= 11 is 0. The summed E-state index contributed by atoms with van der Waals surface area (Å²) in [6.07, 6.45) is 4.75. The largest absolute Gasteiger partial charge is 0.398 e. The van der Waals surface area contributed by atoms with Crippen molar-refractivity contribution < 1.29 is 4.39 Å². The van der Waals surface area contributed by atoms with Crippen LogP contribution in [0.15, 0.2) is 18.2 Å². The van der Waals surface area contributed by atoms with E-state index in [4.69, 9.17) is 5.73 Å². The fourth-order valence-electron chi connectivity index (χ4n) is 2.84. The molecule has 5 nitrogen and oxygen atoms in total. The van der Waals surface area contributed by atoms with Crippen molar-refractivity contribution in [3.8, 4) is 11.4 Å². The van der Waals surface area contributed by atoms with Crippen molar-refractivity contribution in [3.05, 3.63) is 24.0 Å². The lowest BCUT2D eigenvalue weighted by Crippen LogP contribution is -2.34. The predicted octanol–water partition coefficient (Wildman–Crippen LogP) is 2.64. The molecule has 1 fully saturated rings.